The number of rotatable bonds is 2. The molecule has 6 heteroatoms. The SMILES string of the molecule is Cc1nc(-c2ccc(C(=O)N3CCNC[C@H]3C)cc2)n[nH]1. The van der Waals surface area contributed by atoms with Crippen molar-refractivity contribution in [1.82, 2.24) is 25.4 Å². The molecule has 0 saturated carbocycles. The van der Waals surface area contributed by atoms with E-state index < -0.39 is 0 Å². The number of hydrogen-bond donors (Lipinski definition) is 2. The van der Waals surface area contributed by atoms with Crippen molar-refractivity contribution >= 4 is 5.91 Å². The number of carbonyl (C=O) groups is 1. The zero-order valence-electron chi connectivity index (χ0n) is 12.3. The summed E-state index contributed by atoms with van der Waals surface area (Å²) in [5.41, 5.74) is 1.61. The maximum absolute atomic E-state index is 12.5. The highest BCUT2D eigenvalue weighted by Crippen LogP contribution is 2.17. The van der Waals surface area contributed by atoms with Gasteiger partial charge in [0.25, 0.3) is 5.91 Å². The fraction of sp³-hybridized carbons (Fsp3) is 0.400. The first-order valence-electron chi connectivity index (χ1n) is 7.16. The molecule has 110 valence electrons. The Balaban J connectivity index is 1.79. The second-order valence-electron chi connectivity index (χ2n) is 5.37. The van der Waals surface area contributed by atoms with Crippen LogP contribution in [0.3, 0.4) is 0 Å². The van der Waals surface area contributed by atoms with Crippen molar-refractivity contribution in [2.75, 3.05) is 19.6 Å². The molecular formula is C15H19N5O. The van der Waals surface area contributed by atoms with Crippen molar-refractivity contribution in [3.8, 4) is 11.4 Å². The molecule has 6 nitrogen and oxygen atoms in total. The van der Waals surface area contributed by atoms with E-state index in [4.69, 9.17) is 0 Å². The monoisotopic (exact) mass is 285 g/mol. The quantitative estimate of drug-likeness (QED) is 0.870. The zero-order chi connectivity index (χ0) is 14.8. The Hall–Kier alpha value is -2.21. The van der Waals surface area contributed by atoms with Gasteiger partial charge in [-0.25, -0.2) is 4.98 Å². The van der Waals surface area contributed by atoms with Gasteiger partial charge in [-0.1, -0.05) is 12.1 Å². The van der Waals surface area contributed by atoms with Crippen LogP contribution in [0.1, 0.15) is 23.1 Å². The molecule has 1 aromatic carbocycles. The van der Waals surface area contributed by atoms with Gasteiger partial charge in [-0.3, -0.25) is 9.89 Å². The second-order valence-corrected chi connectivity index (χ2v) is 5.37. The number of hydrogen-bond acceptors (Lipinski definition) is 4. The molecule has 1 saturated heterocycles. The first-order valence-corrected chi connectivity index (χ1v) is 7.16. The Labute approximate surface area is 123 Å². The molecule has 2 aromatic rings. The van der Waals surface area contributed by atoms with Crippen LogP contribution in [0.25, 0.3) is 11.4 Å². The highest BCUT2D eigenvalue weighted by Gasteiger charge is 2.23. The van der Waals surface area contributed by atoms with Crippen molar-refractivity contribution < 1.29 is 4.79 Å². The van der Waals surface area contributed by atoms with Crippen LogP contribution in [0, 0.1) is 6.92 Å². The van der Waals surface area contributed by atoms with Gasteiger partial charge in [-0.2, -0.15) is 5.10 Å². The second kappa shape index (κ2) is 5.65. The van der Waals surface area contributed by atoms with Gasteiger partial charge in [0.15, 0.2) is 5.82 Å². The summed E-state index contributed by atoms with van der Waals surface area (Å²) >= 11 is 0. The predicted molar refractivity (Wildman–Crippen MR) is 79.9 cm³/mol. The van der Waals surface area contributed by atoms with E-state index >= 15 is 0 Å². The number of piperazine rings is 1. The number of aromatic nitrogens is 3. The maximum Gasteiger partial charge on any atom is 0.254 e. The fourth-order valence-corrected chi connectivity index (χ4v) is 2.54. The number of aromatic amines is 1. The van der Waals surface area contributed by atoms with Gasteiger partial charge in [0.1, 0.15) is 5.82 Å². The van der Waals surface area contributed by atoms with Crippen LogP contribution >= 0.6 is 0 Å². The number of nitrogens with one attached hydrogen (secondary N) is 2. The summed E-state index contributed by atoms with van der Waals surface area (Å²) < 4.78 is 0. The molecule has 1 aromatic heterocycles. The molecule has 0 unspecified atom stereocenters. The minimum atomic E-state index is 0.0849. The number of benzene rings is 1. The third-order valence-corrected chi connectivity index (χ3v) is 3.75. The molecule has 0 radical (unpaired) electrons. The summed E-state index contributed by atoms with van der Waals surface area (Å²) in [7, 11) is 0. The number of aryl methyl sites for hydroxylation is 1. The van der Waals surface area contributed by atoms with Gasteiger partial charge >= 0.3 is 0 Å². The van der Waals surface area contributed by atoms with E-state index in [9.17, 15) is 4.79 Å². The summed E-state index contributed by atoms with van der Waals surface area (Å²) in [5, 5.41) is 10.2. The van der Waals surface area contributed by atoms with Crippen molar-refractivity contribution in [2.24, 2.45) is 0 Å². The average molecular weight is 285 g/mol. The molecule has 2 heterocycles. The number of H-pyrrole nitrogens is 1. The first kappa shape index (κ1) is 13.8. The average Bonchev–Trinajstić information content (AvgIpc) is 2.94. The summed E-state index contributed by atoms with van der Waals surface area (Å²) in [5.74, 6) is 1.52. The molecule has 0 aliphatic carbocycles. The first-order chi connectivity index (χ1) is 10.1. The third-order valence-electron chi connectivity index (χ3n) is 3.75. The molecule has 0 spiro atoms. The molecule has 1 aliphatic heterocycles. The predicted octanol–water partition coefficient (Wildman–Crippen LogP) is 1.21. The van der Waals surface area contributed by atoms with Crippen LogP contribution in [0.4, 0.5) is 0 Å². The highest BCUT2D eigenvalue weighted by molar-refractivity contribution is 5.95. The summed E-state index contributed by atoms with van der Waals surface area (Å²) in [6.07, 6.45) is 0. The zero-order valence-corrected chi connectivity index (χ0v) is 12.3. The molecule has 1 aliphatic rings. The van der Waals surface area contributed by atoms with Crippen molar-refractivity contribution in [1.29, 1.82) is 0 Å². The van der Waals surface area contributed by atoms with Gasteiger partial charge in [0.2, 0.25) is 0 Å². The van der Waals surface area contributed by atoms with Gasteiger partial charge in [0, 0.05) is 36.8 Å². The molecule has 1 amide bonds. The Bertz CT molecular complexity index is 634. The van der Waals surface area contributed by atoms with Crippen molar-refractivity contribution in [3.63, 3.8) is 0 Å². The van der Waals surface area contributed by atoms with Crippen LogP contribution in [0.2, 0.25) is 0 Å². The number of carbonyl (C=O) groups excluding carboxylic acids is 1. The third kappa shape index (κ3) is 2.80. The lowest BCUT2D eigenvalue weighted by Crippen LogP contribution is -2.52. The van der Waals surface area contributed by atoms with Crippen LogP contribution in [-0.4, -0.2) is 51.7 Å². The Kier molecular flexibility index (Phi) is 3.70. The number of nitrogens with zero attached hydrogens (tertiary/aromatic N) is 3. The molecule has 1 fully saturated rings. The molecular weight excluding hydrogens is 266 g/mol. The highest BCUT2D eigenvalue weighted by atomic mass is 16.2. The molecule has 1 atom stereocenters. The largest absolute Gasteiger partial charge is 0.333 e. The summed E-state index contributed by atoms with van der Waals surface area (Å²) in [4.78, 5) is 18.7. The van der Waals surface area contributed by atoms with E-state index in [1.807, 2.05) is 36.1 Å². The van der Waals surface area contributed by atoms with E-state index in [0.717, 1.165) is 31.0 Å². The maximum atomic E-state index is 12.5. The van der Waals surface area contributed by atoms with Gasteiger partial charge < -0.3 is 10.2 Å². The van der Waals surface area contributed by atoms with Crippen LogP contribution in [-0.2, 0) is 0 Å². The van der Waals surface area contributed by atoms with E-state index in [-0.39, 0.29) is 11.9 Å². The van der Waals surface area contributed by atoms with E-state index in [1.54, 1.807) is 0 Å². The van der Waals surface area contributed by atoms with E-state index in [0.29, 0.717) is 11.4 Å². The summed E-state index contributed by atoms with van der Waals surface area (Å²) in [6, 6.07) is 7.70. The van der Waals surface area contributed by atoms with Crippen molar-refractivity contribution in [3.05, 3.63) is 35.7 Å². The van der Waals surface area contributed by atoms with Crippen molar-refractivity contribution in [2.45, 2.75) is 19.9 Å². The number of amides is 1. The van der Waals surface area contributed by atoms with Gasteiger partial charge in [-0.05, 0) is 26.0 Å². The summed E-state index contributed by atoms with van der Waals surface area (Å²) in [6.45, 7) is 6.38. The minimum absolute atomic E-state index is 0.0849. The molecule has 2 N–H and O–H groups in total. The molecule has 3 rings (SSSR count). The Morgan fingerprint density at radius 1 is 1.33 bits per heavy atom. The van der Waals surface area contributed by atoms with E-state index in [2.05, 4.69) is 27.4 Å². The Morgan fingerprint density at radius 3 is 2.71 bits per heavy atom. The topological polar surface area (TPSA) is 73.9 Å². The lowest BCUT2D eigenvalue weighted by molar-refractivity contribution is 0.0656. The van der Waals surface area contributed by atoms with Gasteiger partial charge in [-0.15, -0.1) is 0 Å². The van der Waals surface area contributed by atoms with Crippen LogP contribution in [0.5, 0.6) is 0 Å². The normalized spacial score (nSPS) is 18.8. The lowest BCUT2D eigenvalue weighted by atomic mass is 10.1. The fourth-order valence-electron chi connectivity index (χ4n) is 2.54. The van der Waals surface area contributed by atoms with E-state index in [1.165, 1.54) is 0 Å². The van der Waals surface area contributed by atoms with Gasteiger partial charge in [0.05, 0.1) is 0 Å². The smallest absolute Gasteiger partial charge is 0.254 e. The molecule has 21 heavy (non-hydrogen) atoms. The van der Waals surface area contributed by atoms with Crippen LogP contribution < -0.4 is 5.32 Å². The molecule has 0 bridgehead atoms. The lowest BCUT2D eigenvalue weighted by Gasteiger charge is -2.34. The van der Waals surface area contributed by atoms with Crippen LogP contribution in [0.15, 0.2) is 24.3 Å². The Morgan fingerprint density at radius 2 is 2.10 bits per heavy atom. The minimum Gasteiger partial charge on any atom is -0.333 e. The standard InChI is InChI=1S/C15H19N5O/c1-10-9-16-7-8-20(10)15(21)13-5-3-12(4-6-13)14-17-11(2)18-19-14/h3-6,10,16H,7-9H2,1-2H3,(H,17,18,19)/t10-/m1/s1.